The molecule has 0 N–H and O–H groups in total. The van der Waals surface area contributed by atoms with Crippen molar-refractivity contribution in [2.45, 2.75) is 19.0 Å². The molecule has 0 nitrogen and oxygen atoms in total. The van der Waals surface area contributed by atoms with Crippen LogP contribution in [0, 0.1) is 0 Å². The molecule has 0 unspecified atom stereocenters. The van der Waals surface area contributed by atoms with E-state index in [9.17, 15) is 13.2 Å². The molecule has 0 atom stereocenters. The quantitative estimate of drug-likeness (QED) is 0.761. The molecule has 1 aromatic rings. The number of hydrogen-bond donors (Lipinski definition) is 0. The highest BCUT2D eigenvalue weighted by molar-refractivity contribution is 9.11. The molecule has 1 rings (SSSR count). The van der Waals surface area contributed by atoms with Crippen molar-refractivity contribution in [3.8, 4) is 0 Å². The minimum atomic E-state index is -4.26. The lowest BCUT2D eigenvalue weighted by Crippen LogP contribution is -2.05. The molecule has 0 aliphatic heterocycles. The SMILES string of the molecule is C=C(Br)CCc1cccc(C(F)(F)F)c1. The third kappa shape index (κ3) is 4.08. The van der Waals surface area contributed by atoms with E-state index in [0.717, 1.165) is 10.5 Å². The van der Waals surface area contributed by atoms with Crippen molar-refractivity contribution in [1.29, 1.82) is 0 Å². The van der Waals surface area contributed by atoms with Crippen LogP contribution in [0.5, 0.6) is 0 Å². The monoisotopic (exact) mass is 278 g/mol. The van der Waals surface area contributed by atoms with Gasteiger partial charge in [-0.25, -0.2) is 0 Å². The summed E-state index contributed by atoms with van der Waals surface area (Å²) in [6.07, 6.45) is -3.06. The summed E-state index contributed by atoms with van der Waals surface area (Å²) in [5, 5.41) is 0. The summed E-state index contributed by atoms with van der Waals surface area (Å²) in [6.45, 7) is 3.64. The summed E-state index contributed by atoms with van der Waals surface area (Å²) in [6, 6.07) is 5.36. The Morgan fingerprint density at radius 1 is 1.33 bits per heavy atom. The normalized spacial score (nSPS) is 11.5. The van der Waals surface area contributed by atoms with Crippen molar-refractivity contribution < 1.29 is 13.2 Å². The third-order valence-corrected chi connectivity index (χ3v) is 2.34. The minimum Gasteiger partial charge on any atom is -0.166 e. The molecule has 1 aromatic carbocycles. The Morgan fingerprint density at radius 2 is 2.00 bits per heavy atom. The van der Waals surface area contributed by atoms with Crippen LogP contribution in [0.1, 0.15) is 17.5 Å². The van der Waals surface area contributed by atoms with Crippen molar-refractivity contribution in [3.05, 3.63) is 46.5 Å². The summed E-state index contributed by atoms with van der Waals surface area (Å²) in [5.74, 6) is 0. The van der Waals surface area contributed by atoms with Gasteiger partial charge >= 0.3 is 6.18 Å². The summed E-state index contributed by atoms with van der Waals surface area (Å²) >= 11 is 3.17. The van der Waals surface area contributed by atoms with Crippen LogP contribution in [0.25, 0.3) is 0 Å². The van der Waals surface area contributed by atoms with Crippen LogP contribution in [-0.4, -0.2) is 0 Å². The van der Waals surface area contributed by atoms with E-state index in [1.807, 2.05) is 0 Å². The lowest BCUT2D eigenvalue weighted by atomic mass is 10.1. The number of halogens is 4. The molecule has 0 saturated heterocycles. The van der Waals surface area contributed by atoms with Crippen LogP contribution in [0.3, 0.4) is 0 Å². The van der Waals surface area contributed by atoms with Crippen LogP contribution in [-0.2, 0) is 12.6 Å². The second-order valence-corrected chi connectivity index (χ2v) is 4.34. The van der Waals surface area contributed by atoms with E-state index < -0.39 is 11.7 Å². The van der Waals surface area contributed by atoms with E-state index in [4.69, 9.17) is 0 Å². The van der Waals surface area contributed by atoms with Crippen molar-refractivity contribution >= 4 is 15.9 Å². The summed E-state index contributed by atoms with van der Waals surface area (Å²) in [4.78, 5) is 0. The second kappa shape index (κ2) is 4.84. The molecular weight excluding hydrogens is 269 g/mol. The van der Waals surface area contributed by atoms with Crippen molar-refractivity contribution in [1.82, 2.24) is 0 Å². The maximum atomic E-state index is 12.3. The van der Waals surface area contributed by atoms with E-state index in [-0.39, 0.29) is 0 Å². The Bertz CT molecular complexity index is 355. The zero-order chi connectivity index (χ0) is 11.5. The van der Waals surface area contributed by atoms with Crippen LogP contribution >= 0.6 is 15.9 Å². The van der Waals surface area contributed by atoms with Gasteiger partial charge in [0.2, 0.25) is 0 Å². The van der Waals surface area contributed by atoms with E-state index >= 15 is 0 Å². The number of hydrogen-bond acceptors (Lipinski definition) is 0. The van der Waals surface area contributed by atoms with Gasteiger partial charge in [0.25, 0.3) is 0 Å². The van der Waals surface area contributed by atoms with E-state index in [1.165, 1.54) is 12.1 Å². The molecule has 0 aromatic heterocycles. The molecule has 0 aliphatic carbocycles. The fourth-order valence-corrected chi connectivity index (χ4v) is 1.38. The number of rotatable bonds is 3. The summed E-state index contributed by atoms with van der Waals surface area (Å²) in [5.41, 5.74) is 0.0746. The van der Waals surface area contributed by atoms with Crippen LogP contribution < -0.4 is 0 Å². The van der Waals surface area contributed by atoms with Gasteiger partial charge in [0.1, 0.15) is 0 Å². The summed E-state index contributed by atoms with van der Waals surface area (Å²) in [7, 11) is 0. The molecule has 0 aliphatic rings. The lowest BCUT2D eigenvalue weighted by molar-refractivity contribution is -0.137. The fourth-order valence-electron chi connectivity index (χ4n) is 1.18. The van der Waals surface area contributed by atoms with Gasteiger partial charge in [-0.2, -0.15) is 13.2 Å². The first kappa shape index (κ1) is 12.3. The van der Waals surface area contributed by atoms with E-state index in [0.29, 0.717) is 18.4 Å². The molecule has 4 heteroatoms. The van der Waals surface area contributed by atoms with Crippen LogP contribution in [0.4, 0.5) is 13.2 Å². The van der Waals surface area contributed by atoms with Crippen molar-refractivity contribution in [2.75, 3.05) is 0 Å². The highest BCUT2D eigenvalue weighted by atomic mass is 79.9. The number of aryl methyl sites for hydroxylation is 1. The maximum Gasteiger partial charge on any atom is 0.416 e. The predicted molar refractivity (Wildman–Crippen MR) is 57.8 cm³/mol. The average molecular weight is 279 g/mol. The molecule has 0 bridgehead atoms. The Labute approximate surface area is 94.9 Å². The first-order chi connectivity index (χ1) is 6.89. The van der Waals surface area contributed by atoms with Crippen molar-refractivity contribution in [3.63, 3.8) is 0 Å². The first-order valence-electron chi connectivity index (χ1n) is 4.39. The zero-order valence-corrected chi connectivity index (χ0v) is 9.53. The topological polar surface area (TPSA) is 0 Å². The molecular formula is C11H10BrF3. The maximum absolute atomic E-state index is 12.3. The van der Waals surface area contributed by atoms with Gasteiger partial charge in [0.05, 0.1) is 5.56 Å². The number of alkyl halides is 3. The Hall–Kier alpha value is -0.770. The van der Waals surface area contributed by atoms with E-state index in [1.54, 1.807) is 6.07 Å². The molecule has 0 amide bonds. The lowest BCUT2D eigenvalue weighted by Gasteiger charge is -2.08. The Kier molecular flexibility index (Phi) is 3.97. The molecule has 0 fully saturated rings. The van der Waals surface area contributed by atoms with Gasteiger partial charge in [-0.15, -0.1) is 0 Å². The van der Waals surface area contributed by atoms with Gasteiger partial charge in [0.15, 0.2) is 0 Å². The Morgan fingerprint density at radius 3 is 2.53 bits per heavy atom. The van der Waals surface area contributed by atoms with Crippen LogP contribution in [0.2, 0.25) is 0 Å². The van der Waals surface area contributed by atoms with Gasteiger partial charge in [0, 0.05) is 0 Å². The molecule has 0 spiro atoms. The highest BCUT2D eigenvalue weighted by Gasteiger charge is 2.30. The number of benzene rings is 1. The largest absolute Gasteiger partial charge is 0.416 e. The first-order valence-corrected chi connectivity index (χ1v) is 5.18. The standard InChI is InChI=1S/C11H10BrF3/c1-8(12)5-6-9-3-2-4-10(7-9)11(13,14)15/h2-4,7H,1,5-6H2. The molecule has 0 heterocycles. The zero-order valence-electron chi connectivity index (χ0n) is 7.94. The van der Waals surface area contributed by atoms with Crippen molar-refractivity contribution in [2.24, 2.45) is 0 Å². The molecule has 15 heavy (non-hydrogen) atoms. The van der Waals surface area contributed by atoms with Gasteiger partial charge < -0.3 is 0 Å². The Balaban J connectivity index is 2.79. The van der Waals surface area contributed by atoms with Crippen LogP contribution in [0.15, 0.2) is 35.3 Å². The molecule has 0 radical (unpaired) electrons. The predicted octanol–water partition coefficient (Wildman–Crippen LogP) is 4.55. The summed E-state index contributed by atoms with van der Waals surface area (Å²) < 4.78 is 37.8. The average Bonchev–Trinajstić information content (AvgIpc) is 2.14. The van der Waals surface area contributed by atoms with Gasteiger partial charge in [-0.05, 0) is 29.0 Å². The smallest absolute Gasteiger partial charge is 0.166 e. The second-order valence-electron chi connectivity index (χ2n) is 3.22. The van der Waals surface area contributed by atoms with E-state index in [2.05, 4.69) is 22.5 Å². The van der Waals surface area contributed by atoms with Gasteiger partial charge in [-0.3, -0.25) is 0 Å². The van der Waals surface area contributed by atoms with Gasteiger partial charge in [-0.1, -0.05) is 40.7 Å². The fraction of sp³-hybridized carbons (Fsp3) is 0.273. The highest BCUT2D eigenvalue weighted by Crippen LogP contribution is 2.29. The number of allylic oxidation sites excluding steroid dienone is 1. The molecule has 0 saturated carbocycles. The minimum absolute atomic E-state index is 0.563. The molecule has 82 valence electrons. The third-order valence-electron chi connectivity index (χ3n) is 1.94.